The Bertz CT molecular complexity index is 675. The Morgan fingerprint density at radius 3 is 2.50 bits per heavy atom. The van der Waals surface area contributed by atoms with E-state index in [0.717, 1.165) is 5.56 Å². The third-order valence-corrected chi connectivity index (χ3v) is 3.60. The highest BCUT2D eigenvalue weighted by Gasteiger charge is 2.10. The molecule has 0 amide bonds. The molecule has 5 nitrogen and oxygen atoms in total. The van der Waals surface area contributed by atoms with E-state index in [1.165, 1.54) is 10.2 Å². The largest absolute Gasteiger partial charge is 0.391 e. The summed E-state index contributed by atoms with van der Waals surface area (Å²) in [5.41, 5.74) is 2.91. The van der Waals surface area contributed by atoms with Crippen LogP contribution in [-0.2, 0) is 17.9 Å². The molecule has 0 saturated carbocycles. The highest BCUT2D eigenvalue weighted by Crippen LogP contribution is 2.21. The maximum atomic E-state index is 12.1. The maximum absolute atomic E-state index is 12.1. The van der Waals surface area contributed by atoms with Gasteiger partial charge in [0.1, 0.15) is 0 Å². The lowest BCUT2D eigenvalue weighted by Gasteiger charge is -2.11. The molecule has 1 aromatic carbocycles. The molecule has 0 fully saturated rings. The molecule has 0 saturated heterocycles. The first kappa shape index (κ1) is 16.4. The third-order valence-electron chi connectivity index (χ3n) is 3.60. The minimum Gasteiger partial charge on any atom is -0.391 e. The predicted molar refractivity (Wildman–Crippen MR) is 85.8 cm³/mol. The van der Waals surface area contributed by atoms with Crippen molar-refractivity contribution in [3.63, 3.8) is 0 Å². The zero-order valence-electron chi connectivity index (χ0n) is 13.2. The molecule has 0 atom stereocenters. The lowest BCUT2D eigenvalue weighted by atomic mass is 10.0. The summed E-state index contributed by atoms with van der Waals surface area (Å²) in [6, 6.07) is 9.75. The normalized spacial score (nSPS) is 11.1. The van der Waals surface area contributed by atoms with Gasteiger partial charge in [-0.3, -0.25) is 4.79 Å². The van der Waals surface area contributed by atoms with Gasteiger partial charge in [0.05, 0.1) is 25.5 Å². The average molecular weight is 302 g/mol. The van der Waals surface area contributed by atoms with E-state index < -0.39 is 0 Å². The van der Waals surface area contributed by atoms with Gasteiger partial charge in [0.2, 0.25) is 0 Å². The van der Waals surface area contributed by atoms with Gasteiger partial charge in [-0.1, -0.05) is 38.1 Å². The van der Waals surface area contributed by atoms with Gasteiger partial charge in [0.15, 0.2) is 0 Å². The van der Waals surface area contributed by atoms with E-state index in [-0.39, 0.29) is 12.2 Å². The number of nitrogens with zero attached hydrogens (tertiary/aromatic N) is 2. The molecule has 0 aliphatic heterocycles. The van der Waals surface area contributed by atoms with Gasteiger partial charge in [-0.2, -0.15) is 5.10 Å². The van der Waals surface area contributed by atoms with Crippen LogP contribution in [0.15, 0.2) is 35.1 Å². The Morgan fingerprint density at radius 1 is 1.27 bits per heavy atom. The van der Waals surface area contributed by atoms with Gasteiger partial charge in [0.25, 0.3) is 5.56 Å². The third kappa shape index (κ3) is 3.61. The van der Waals surface area contributed by atoms with Gasteiger partial charge in [0, 0.05) is 18.2 Å². The first-order valence-corrected chi connectivity index (χ1v) is 7.38. The smallest absolute Gasteiger partial charge is 0.272 e. The number of aliphatic hydroxyl groups is 1. The maximum Gasteiger partial charge on any atom is 0.272 e. The van der Waals surface area contributed by atoms with E-state index in [2.05, 4.69) is 31.1 Å². The van der Waals surface area contributed by atoms with E-state index >= 15 is 0 Å². The molecule has 0 bridgehead atoms. The topological polar surface area (TPSA) is 64.3 Å². The van der Waals surface area contributed by atoms with Crippen LogP contribution in [0.3, 0.4) is 0 Å². The molecule has 22 heavy (non-hydrogen) atoms. The summed E-state index contributed by atoms with van der Waals surface area (Å²) in [5.74, 6) is 0.464. The van der Waals surface area contributed by atoms with Crippen molar-refractivity contribution in [2.75, 3.05) is 13.7 Å². The summed E-state index contributed by atoms with van der Waals surface area (Å²) in [6.07, 6.45) is 0. The number of benzene rings is 1. The standard InChI is InChI=1S/C17H22N2O3/c1-12(2)13-4-6-14(7-5-13)16-10-15(11-20)17(21)19(18-16)8-9-22-3/h4-7,10,12,20H,8-9,11H2,1-3H3. The number of hydrogen-bond donors (Lipinski definition) is 1. The fourth-order valence-corrected chi connectivity index (χ4v) is 2.22. The number of hydrogen-bond acceptors (Lipinski definition) is 4. The summed E-state index contributed by atoms with van der Waals surface area (Å²) in [5, 5.41) is 13.8. The summed E-state index contributed by atoms with van der Waals surface area (Å²) < 4.78 is 6.35. The molecule has 2 rings (SSSR count). The van der Waals surface area contributed by atoms with E-state index in [1.807, 2.05) is 12.1 Å². The molecular weight excluding hydrogens is 280 g/mol. The molecule has 1 N–H and O–H groups in total. The van der Waals surface area contributed by atoms with Gasteiger partial charge >= 0.3 is 0 Å². The van der Waals surface area contributed by atoms with Crippen LogP contribution in [0.4, 0.5) is 0 Å². The van der Waals surface area contributed by atoms with E-state index in [1.54, 1.807) is 13.2 Å². The Morgan fingerprint density at radius 2 is 1.95 bits per heavy atom. The first-order valence-electron chi connectivity index (χ1n) is 7.38. The molecule has 1 aromatic heterocycles. The van der Waals surface area contributed by atoms with Gasteiger partial charge in [-0.05, 0) is 17.5 Å². The zero-order valence-corrected chi connectivity index (χ0v) is 13.2. The minimum atomic E-state index is -0.300. The molecule has 0 spiro atoms. The molecule has 0 aliphatic carbocycles. The number of ether oxygens (including phenoxy) is 1. The molecule has 0 unspecified atom stereocenters. The van der Waals surface area contributed by atoms with Crippen LogP contribution >= 0.6 is 0 Å². The second kappa shape index (κ2) is 7.33. The summed E-state index contributed by atoms with van der Waals surface area (Å²) in [6.45, 7) is 4.74. The van der Waals surface area contributed by atoms with Crippen molar-refractivity contribution >= 4 is 0 Å². The summed E-state index contributed by atoms with van der Waals surface area (Å²) in [7, 11) is 1.58. The lowest BCUT2D eigenvalue weighted by molar-refractivity contribution is 0.181. The average Bonchev–Trinajstić information content (AvgIpc) is 2.54. The molecule has 1 heterocycles. The van der Waals surface area contributed by atoms with Crippen LogP contribution in [-0.4, -0.2) is 28.6 Å². The molecule has 0 radical (unpaired) electrons. The van der Waals surface area contributed by atoms with Crippen LogP contribution in [0.1, 0.15) is 30.9 Å². The Hall–Kier alpha value is -1.98. The van der Waals surface area contributed by atoms with Gasteiger partial charge < -0.3 is 9.84 Å². The highest BCUT2D eigenvalue weighted by molar-refractivity contribution is 5.59. The van der Waals surface area contributed by atoms with Crippen molar-refractivity contribution in [3.05, 3.63) is 51.8 Å². The molecule has 2 aromatic rings. The fraction of sp³-hybridized carbons (Fsp3) is 0.412. The second-order valence-electron chi connectivity index (χ2n) is 5.51. The predicted octanol–water partition coefficient (Wildman–Crippen LogP) is 2.17. The van der Waals surface area contributed by atoms with Gasteiger partial charge in [-0.25, -0.2) is 4.68 Å². The second-order valence-corrected chi connectivity index (χ2v) is 5.51. The minimum absolute atomic E-state index is 0.276. The van der Waals surface area contributed by atoms with E-state index in [9.17, 15) is 9.90 Å². The highest BCUT2D eigenvalue weighted by atomic mass is 16.5. The van der Waals surface area contributed by atoms with Crippen molar-refractivity contribution in [1.29, 1.82) is 0 Å². The van der Waals surface area contributed by atoms with Gasteiger partial charge in [-0.15, -0.1) is 0 Å². The fourth-order valence-electron chi connectivity index (χ4n) is 2.22. The van der Waals surface area contributed by atoms with E-state index in [0.29, 0.717) is 30.3 Å². The summed E-state index contributed by atoms with van der Waals surface area (Å²) in [4.78, 5) is 12.1. The number of aromatic nitrogens is 2. The van der Waals surface area contributed by atoms with Crippen LogP contribution in [0, 0.1) is 0 Å². The SMILES string of the molecule is COCCn1nc(-c2ccc(C(C)C)cc2)cc(CO)c1=O. The summed E-state index contributed by atoms with van der Waals surface area (Å²) >= 11 is 0. The number of rotatable bonds is 6. The molecule has 5 heteroatoms. The van der Waals surface area contributed by atoms with Crippen molar-refractivity contribution in [2.45, 2.75) is 32.9 Å². The Kier molecular flexibility index (Phi) is 5.46. The number of methoxy groups -OCH3 is 1. The van der Waals surface area contributed by atoms with Crippen LogP contribution in [0.2, 0.25) is 0 Å². The first-order chi connectivity index (χ1) is 10.6. The molecule has 118 valence electrons. The lowest BCUT2D eigenvalue weighted by Crippen LogP contribution is -2.28. The quantitative estimate of drug-likeness (QED) is 0.888. The van der Waals surface area contributed by atoms with E-state index in [4.69, 9.17) is 4.74 Å². The van der Waals surface area contributed by atoms with Crippen molar-refractivity contribution in [1.82, 2.24) is 9.78 Å². The van der Waals surface area contributed by atoms with Crippen LogP contribution in [0.25, 0.3) is 11.3 Å². The molecular formula is C17H22N2O3. The van der Waals surface area contributed by atoms with Crippen molar-refractivity contribution < 1.29 is 9.84 Å². The monoisotopic (exact) mass is 302 g/mol. The Balaban J connectivity index is 2.43. The van der Waals surface area contributed by atoms with Crippen molar-refractivity contribution in [3.8, 4) is 11.3 Å². The van der Waals surface area contributed by atoms with Crippen LogP contribution in [0.5, 0.6) is 0 Å². The number of aliphatic hydroxyl groups excluding tert-OH is 1. The zero-order chi connectivity index (χ0) is 16.1. The van der Waals surface area contributed by atoms with Crippen molar-refractivity contribution in [2.24, 2.45) is 0 Å². The molecule has 0 aliphatic rings. The Labute approximate surface area is 130 Å². The van der Waals surface area contributed by atoms with Crippen LogP contribution < -0.4 is 5.56 Å².